The van der Waals surface area contributed by atoms with Gasteiger partial charge in [-0.1, -0.05) is 47.0 Å². The molecular weight excluding hydrogens is 300 g/mol. The van der Waals surface area contributed by atoms with Gasteiger partial charge >= 0.3 is 0 Å². The number of aromatic nitrogens is 2. The van der Waals surface area contributed by atoms with Crippen molar-refractivity contribution in [3.8, 4) is 6.07 Å². The highest BCUT2D eigenvalue weighted by molar-refractivity contribution is 8.03. The third-order valence-corrected chi connectivity index (χ3v) is 5.14. The first-order chi connectivity index (χ1) is 9.11. The van der Waals surface area contributed by atoms with Crippen molar-refractivity contribution in [1.29, 1.82) is 5.26 Å². The quantitative estimate of drug-likeness (QED) is 0.451. The minimum atomic E-state index is -0.0911. The number of nitriles is 1. The Kier molecular flexibility index (Phi) is 7.55. The van der Waals surface area contributed by atoms with Crippen LogP contribution in [0.2, 0.25) is 0 Å². The van der Waals surface area contributed by atoms with E-state index in [-0.39, 0.29) is 5.91 Å². The topological polar surface area (TPSA) is 78.7 Å². The van der Waals surface area contributed by atoms with Crippen LogP contribution >= 0.6 is 34.9 Å². The fourth-order valence-corrected chi connectivity index (χ4v) is 3.63. The molecule has 1 aromatic rings. The Morgan fingerprint density at radius 2 is 2.05 bits per heavy atom. The third-order valence-electron chi connectivity index (χ3n) is 1.72. The molecule has 0 saturated heterocycles. The molecule has 0 fully saturated rings. The second-order valence-electron chi connectivity index (χ2n) is 3.63. The zero-order valence-corrected chi connectivity index (χ0v) is 13.0. The highest BCUT2D eigenvalue weighted by Gasteiger charge is 2.08. The van der Waals surface area contributed by atoms with Crippen LogP contribution in [0.3, 0.4) is 0 Å². The van der Waals surface area contributed by atoms with Crippen LogP contribution in [0.5, 0.6) is 0 Å². The predicted molar refractivity (Wildman–Crippen MR) is 79.4 cm³/mol. The monoisotopic (exact) mass is 314 g/mol. The third kappa shape index (κ3) is 7.20. The Balaban J connectivity index is 2.28. The summed E-state index contributed by atoms with van der Waals surface area (Å²) in [5, 5.41) is 19.1. The lowest BCUT2D eigenvalue weighted by molar-refractivity contribution is -0.118. The van der Waals surface area contributed by atoms with Gasteiger partial charge in [0.2, 0.25) is 5.91 Å². The normalized spacial score (nSPS) is 9.89. The fourth-order valence-electron chi connectivity index (χ4n) is 0.935. The van der Waals surface area contributed by atoms with Crippen molar-refractivity contribution in [3.63, 3.8) is 0 Å². The highest BCUT2D eigenvalue weighted by atomic mass is 32.2. The number of carbonyl (C=O) groups is 1. The summed E-state index contributed by atoms with van der Waals surface area (Å²) in [5.74, 6) is 1.03. The van der Waals surface area contributed by atoms with Crippen LogP contribution in [0.15, 0.2) is 20.8 Å². The van der Waals surface area contributed by atoms with E-state index in [0.717, 1.165) is 20.0 Å². The number of nitrogens with zero attached hydrogens (tertiary/aromatic N) is 3. The van der Waals surface area contributed by atoms with Crippen LogP contribution in [-0.2, 0) is 4.79 Å². The van der Waals surface area contributed by atoms with Gasteiger partial charge in [0.15, 0.2) is 8.68 Å². The molecular formula is C11H14N4OS3. The van der Waals surface area contributed by atoms with Gasteiger partial charge in [-0.3, -0.25) is 4.79 Å². The van der Waals surface area contributed by atoms with E-state index >= 15 is 0 Å². The Morgan fingerprint density at radius 1 is 1.42 bits per heavy atom. The number of carbonyl (C=O) groups excluding carboxylic acids is 1. The van der Waals surface area contributed by atoms with Crippen molar-refractivity contribution in [2.75, 3.05) is 18.1 Å². The summed E-state index contributed by atoms with van der Waals surface area (Å²) < 4.78 is 1.66. The van der Waals surface area contributed by atoms with Crippen molar-refractivity contribution in [3.05, 3.63) is 12.2 Å². The van der Waals surface area contributed by atoms with E-state index < -0.39 is 0 Å². The molecule has 0 radical (unpaired) electrons. The van der Waals surface area contributed by atoms with Gasteiger partial charge in [0.05, 0.1) is 18.2 Å². The van der Waals surface area contributed by atoms with Crippen molar-refractivity contribution in [2.24, 2.45) is 0 Å². The summed E-state index contributed by atoms with van der Waals surface area (Å²) >= 11 is 4.43. The molecule has 102 valence electrons. The van der Waals surface area contributed by atoms with E-state index in [1.54, 1.807) is 11.8 Å². The first-order valence-corrected chi connectivity index (χ1v) is 8.27. The fraction of sp³-hybridized carbons (Fsp3) is 0.455. The van der Waals surface area contributed by atoms with Gasteiger partial charge < -0.3 is 5.32 Å². The summed E-state index contributed by atoms with van der Waals surface area (Å²) in [7, 11) is 0. The lowest BCUT2D eigenvalue weighted by atomic mass is 10.4. The molecule has 1 aromatic heterocycles. The molecule has 0 aliphatic carbocycles. The SMILES string of the molecule is C=C(C)CSc1nnc(SCC(=O)NCCC#N)s1. The van der Waals surface area contributed by atoms with Crippen molar-refractivity contribution >= 4 is 40.8 Å². The van der Waals surface area contributed by atoms with Crippen LogP contribution in [-0.4, -0.2) is 34.2 Å². The zero-order valence-electron chi connectivity index (χ0n) is 10.5. The minimum absolute atomic E-state index is 0.0911. The van der Waals surface area contributed by atoms with E-state index in [1.807, 2.05) is 13.0 Å². The number of hydrogen-bond donors (Lipinski definition) is 1. The van der Waals surface area contributed by atoms with Gasteiger partial charge in [-0.2, -0.15) is 5.26 Å². The molecule has 19 heavy (non-hydrogen) atoms. The van der Waals surface area contributed by atoms with Crippen molar-refractivity contribution < 1.29 is 4.79 Å². The molecule has 0 bridgehead atoms. The molecule has 1 rings (SSSR count). The largest absolute Gasteiger partial charge is 0.354 e. The summed E-state index contributed by atoms with van der Waals surface area (Å²) in [6.45, 7) is 6.19. The predicted octanol–water partition coefficient (Wildman–Crippen LogP) is 2.33. The lowest BCUT2D eigenvalue weighted by Crippen LogP contribution is -2.25. The summed E-state index contributed by atoms with van der Waals surface area (Å²) in [6, 6.07) is 1.97. The lowest BCUT2D eigenvalue weighted by Gasteiger charge is -1.99. The molecule has 0 aromatic carbocycles. The smallest absolute Gasteiger partial charge is 0.230 e. The number of hydrogen-bond acceptors (Lipinski definition) is 7. The Bertz CT molecular complexity index is 481. The Labute approximate surface area is 124 Å². The summed E-state index contributed by atoms with van der Waals surface area (Å²) in [4.78, 5) is 11.4. The number of thioether (sulfide) groups is 2. The average Bonchev–Trinajstić information content (AvgIpc) is 2.82. The second-order valence-corrected chi connectivity index (χ2v) is 7.05. The van der Waals surface area contributed by atoms with Crippen LogP contribution in [0.4, 0.5) is 0 Å². The van der Waals surface area contributed by atoms with E-state index in [9.17, 15) is 4.79 Å². The van der Waals surface area contributed by atoms with Gasteiger partial charge in [0.1, 0.15) is 0 Å². The van der Waals surface area contributed by atoms with Gasteiger partial charge in [-0.25, -0.2) is 0 Å². The molecule has 0 spiro atoms. The van der Waals surface area contributed by atoms with Gasteiger partial charge in [-0.05, 0) is 6.92 Å². The molecule has 5 nitrogen and oxygen atoms in total. The number of rotatable bonds is 8. The van der Waals surface area contributed by atoms with E-state index in [0.29, 0.717) is 18.7 Å². The number of nitrogens with one attached hydrogen (secondary N) is 1. The van der Waals surface area contributed by atoms with E-state index in [2.05, 4.69) is 22.1 Å². The van der Waals surface area contributed by atoms with Gasteiger partial charge in [-0.15, -0.1) is 10.2 Å². The summed E-state index contributed by atoms with van der Waals surface area (Å²) in [6.07, 6.45) is 0.330. The van der Waals surface area contributed by atoms with Crippen LogP contribution < -0.4 is 5.32 Å². The maximum atomic E-state index is 11.4. The molecule has 0 aliphatic heterocycles. The molecule has 0 saturated carbocycles. The number of amides is 1. The molecule has 0 aliphatic rings. The Hall–Kier alpha value is -1.04. The molecule has 0 unspecified atom stereocenters. The molecule has 1 N–H and O–H groups in total. The zero-order chi connectivity index (χ0) is 14.1. The van der Waals surface area contributed by atoms with E-state index in [1.165, 1.54) is 23.1 Å². The van der Waals surface area contributed by atoms with Gasteiger partial charge in [0, 0.05) is 12.3 Å². The second kappa shape index (κ2) is 8.96. The van der Waals surface area contributed by atoms with Gasteiger partial charge in [0.25, 0.3) is 0 Å². The molecule has 1 amide bonds. The minimum Gasteiger partial charge on any atom is -0.354 e. The van der Waals surface area contributed by atoms with Crippen molar-refractivity contribution in [2.45, 2.75) is 22.0 Å². The maximum absolute atomic E-state index is 11.4. The maximum Gasteiger partial charge on any atom is 0.230 e. The summed E-state index contributed by atoms with van der Waals surface area (Å²) in [5.41, 5.74) is 1.09. The molecule has 8 heteroatoms. The standard InChI is InChI=1S/C11H14N4OS3/c1-8(2)6-17-10-14-15-11(19-10)18-7-9(16)13-5-3-4-12/h1,3,5-7H2,2H3,(H,13,16). The average molecular weight is 314 g/mol. The van der Waals surface area contributed by atoms with Crippen LogP contribution in [0.1, 0.15) is 13.3 Å². The first-order valence-electron chi connectivity index (χ1n) is 5.49. The first kappa shape index (κ1) is 16.0. The van der Waals surface area contributed by atoms with E-state index in [4.69, 9.17) is 5.26 Å². The van der Waals surface area contributed by atoms with Crippen LogP contribution in [0, 0.1) is 11.3 Å². The molecule has 0 atom stereocenters. The Morgan fingerprint density at radius 3 is 2.63 bits per heavy atom. The highest BCUT2D eigenvalue weighted by Crippen LogP contribution is 2.29. The van der Waals surface area contributed by atoms with Crippen molar-refractivity contribution in [1.82, 2.24) is 15.5 Å². The molecule has 1 heterocycles. The van der Waals surface area contributed by atoms with Crippen LogP contribution in [0.25, 0.3) is 0 Å².